The quantitative estimate of drug-likeness (QED) is 0.304. The van der Waals surface area contributed by atoms with Crippen molar-refractivity contribution in [1.29, 1.82) is 0 Å². The Hall–Kier alpha value is -2.74. The van der Waals surface area contributed by atoms with Crippen molar-refractivity contribution >= 4 is 39.9 Å². The van der Waals surface area contributed by atoms with Crippen molar-refractivity contribution in [2.75, 3.05) is 0 Å². The molecular formula is C22H19IN2O3. The van der Waals surface area contributed by atoms with Gasteiger partial charge in [0.15, 0.2) is 0 Å². The van der Waals surface area contributed by atoms with Crippen molar-refractivity contribution in [3.63, 3.8) is 0 Å². The van der Waals surface area contributed by atoms with Gasteiger partial charge in [0.1, 0.15) is 17.0 Å². The van der Waals surface area contributed by atoms with Gasteiger partial charge in [0.2, 0.25) is 0 Å². The second kappa shape index (κ2) is 8.52. The summed E-state index contributed by atoms with van der Waals surface area (Å²) in [5, 5.41) is 28.3. The Morgan fingerprint density at radius 2 is 1.71 bits per heavy atom. The fourth-order valence-electron chi connectivity index (χ4n) is 2.88. The van der Waals surface area contributed by atoms with Gasteiger partial charge in [0, 0.05) is 9.13 Å². The van der Waals surface area contributed by atoms with Gasteiger partial charge in [-0.05, 0) is 57.8 Å². The van der Waals surface area contributed by atoms with Crippen molar-refractivity contribution in [1.82, 2.24) is 0 Å². The number of phenols is 1. The largest absolute Gasteiger partial charge is 0.507 e. The minimum Gasteiger partial charge on any atom is -0.507 e. The Kier molecular flexibility index (Phi) is 6.08. The number of azo groups is 1. The molecule has 0 saturated carbocycles. The lowest BCUT2D eigenvalue weighted by molar-refractivity contribution is 0.0693. The van der Waals surface area contributed by atoms with E-state index in [1.54, 1.807) is 6.07 Å². The summed E-state index contributed by atoms with van der Waals surface area (Å²) < 4.78 is 0.934. The zero-order chi connectivity index (χ0) is 20.3. The van der Waals surface area contributed by atoms with Gasteiger partial charge in [0.05, 0.1) is 5.69 Å². The third-order valence-electron chi connectivity index (χ3n) is 4.31. The molecule has 0 atom stereocenters. The Morgan fingerprint density at radius 3 is 2.36 bits per heavy atom. The lowest BCUT2D eigenvalue weighted by atomic mass is 9.98. The van der Waals surface area contributed by atoms with Crippen LogP contribution in [-0.2, 0) is 0 Å². The molecule has 0 bridgehead atoms. The van der Waals surface area contributed by atoms with E-state index in [0.29, 0.717) is 16.9 Å². The standard InChI is InChI=1S/C22H19IN2O3/c1-13(2)17-11-15(12-18(21(17)26)22(27)28)24-25-20-16(9-6-10-19(20)23)14-7-4-3-5-8-14/h3-13,26H,1-2H3,(H,27,28). The highest BCUT2D eigenvalue weighted by Crippen LogP contribution is 2.37. The molecule has 0 unspecified atom stereocenters. The topological polar surface area (TPSA) is 82.2 Å². The maximum absolute atomic E-state index is 11.5. The van der Waals surface area contributed by atoms with E-state index < -0.39 is 5.97 Å². The highest BCUT2D eigenvalue weighted by atomic mass is 127. The molecule has 0 radical (unpaired) electrons. The van der Waals surface area contributed by atoms with E-state index in [0.717, 1.165) is 14.7 Å². The number of rotatable bonds is 5. The van der Waals surface area contributed by atoms with E-state index in [9.17, 15) is 15.0 Å². The van der Waals surface area contributed by atoms with Crippen LogP contribution in [0.2, 0.25) is 0 Å². The van der Waals surface area contributed by atoms with Gasteiger partial charge in [0.25, 0.3) is 0 Å². The van der Waals surface area contributed by atoms with Gasteiger partial charge in [-0.1, -0.05) is 56.3 Å². The third-order valence-corrected chi connectivity index (χ3v) is 5.18. The predicted octanol–water partition coefficient (Wildman–Crippen LogP) is 6.90. The molecule has 0 fully saturated rings. The van der Waals surface area contributed by atoms with Crippen LogP contribution in [0.4, 0.5) is 11.4 Å². The number of carboxylic acid groups (broad SMARTS) is 1. The van der Waals surface area contributed by atoms with Gasteiger partial charge < -0.3 is 10.2 Å². The third kappa shape index (κ3) is 4.22. The zero-order valence-corrected chi connectivity index (χ0v) is 17.6. The number of carboxylic acids is 1. The number of aromatic hydroxyl groups is 1. The monoisotopic (exact) mass is 486 g/mol. The number of hydrogen-bond acceptors (Lipinski definition) is 4. The zero-order valence-electron chi connectivity index (χ0n) is 15.4. The number of hydrogen-bond donors (Lipinski definition) is 2. The van der Waals surface area contributed by atoms with E-state index in [1.165, 1.54) is 6.07 Å². The van der Waals surface area contributed by atoms with E-state index in [-0.39, 0.29) is 17.2 Å². The van der Waals surface area contributed by atoms with Crippen LogP contribution in [0.1, 0.15) is 35.7 Å². The molecule has 0 aliphatic rings. The lowest BCUT2D eigenvalue weighted by Gasteiger charge is -2.11. The average Bonchev–Trinajstić information content (AvgIpc) is 2.68. The van der Waals surface area contributed by atoms with Crippen LogP contribution in [0.3, 0.4) is 0 Å². The Labute approximate surface area is 176 Å². The highest BCUT2D eigenvalue weighted by molar-refractivity contribution is 14.1. The molecular weight excluding hydrogens is 467 g/mol. The van der Waals surface area contributed by atoms with E-state index >= 15 is 0 Å². The fraction of sp³-hybridized carbons (Fsp3) is 0.136. The molecule has 0 aliphatic carbocycles. The molecule has 0 saturated heterocycles. The van der Waals surface area contributed by atoms with Gasteiger partial charge in [-0.25, -0.2) is 4.79 Å². The summed E-state index contributed by atoms with van der Waals surface area (Å²) in [6, 6.07) is 18.8. The van der Waals surface area contributed by atoms with E-state index in [1.807, 2.05) is 62.4 Å². The van der Waals surface area contributed by atoms with Gasteiger partial charge >= 0.3 is 5.97 Å². The molecule has 0 aliphatic heterocycles. The van der Waals surface area contributed by atoms with Crippen molar-refractivity contribution < 1.29 is 15.0 Å². The minimum atomic E-state index is -1.20. The summed E-state index contributed by atoms with van der Waals surface area (Å²) in [6.45, 7) is 3.77. The first-order valence-electron chi connectivity index (χ1n) is 8.74. The summed E-state index contributed by atoms with van der Waals surface area (Å²) in [5.41, 5.74) is 3.42. The molecule has 6 heteroatoms. The van der Waals surface area contributed by atoms with E-state index in [2.05, 4.69) is 32.8 Å². The predicted molar refractivity (Wildman–Crippen MR) is 118 cm³/mol. The average molecular weight is 486 g/mol. The Morgan fingerprint density at radius 1 is 1.00 bits per heavy atom. The van der Waals surface area contributed by atoms with Crippen molar-refractivity contribution in [2.45, 2.75) is 19.8 Å². The summed E-state index contributed by atoms with van der Waals surface area (Å²) in [7, 11) is 0. The maximum atomic E-state index is 11.5. The molecule has 3 rings (SSSR count). The first-order chi connectivity index (χ1) is 13.4. The number of aromatic carboxylic acids is 1. The van der Waals surface area contributed by atoms with Crippen LogP contribution in [-0.4, -0.2) is 16.2 Å². The molecule has 3 aromatic rings. The number of benzene rings is 3. The molecule has 0 heterocycles. The second-order valence-electron chi connectivity index (χ2n) is 6.59. The highest BCUT2D eigenvalue weighted by Gasteiger charge is 2.17. The second-order valence-corrected chi connectivity index (χ2v) is 7.76. The smallest absolute Gasteiger partial charge is 0.339 e. The number of carbonyl (C=O) groups is 1. The van der Waals surface area contributed by atoms with Crippen molar-refractivity contribution in [3.8, 4) is 16.9 Å². The summed E-state index contributed by atoms with van der Waals surface area (Å²) in [6.07, 6.45) is 0. The molecule has 0 aromatic heterocycles. The van der Waals surface area contributed by atoms with Crippen molar-refractivity contribution in [3.05, 3.63) is 75.4 Å². The van der Waals surface area contributed by atoms with Crippen molar-refractivity contribution in [2.24, 2.45) is 10.2 Å². The van der Waals surface area contributed by atoms with Crippen LogP contribution in [0, 0.1) is 3.57 Å². The molecule has 0 spiro atoms. The fourth-order valence-corrected chi connectivity index (χ4v) is 3.48. The van der Waals surface area contributed by atoms with Gasteiger partial charge in [-0.3, -0.25) is 0 Å². The Bertz CT molecular complexity index is 1050. The number of nitrogens with zero attached hydrogens (tertiary/aromatic N) is 2. The molecule has 2 N–H and O–H groups in total. The summed E-state index contributed by atoms with van der Waals surface area (Å²) >= 11 is 2.21. The Balaban J connectivity index is 2.10. The molecule has 28 heavy (non-hydrogen) atoms. The van der Waals surface area contributed by atoms with Gasteiger partial charge in [-0.2, -0.15) is 5.11 Å². The molecule has 5 nitrogen and oxygen atoms in total. The van der Waals surface area contributed by atoms with Crippen LogP contribution in [0.25, 0.3) is 11.1 Å². The van der Waals surface area contributed by atoms with Gasteiger partial charge in [-0.15, -0.1) is 5.11 Å². The molecule has 3 aromatic carbocycles. The van der Waals surface area contributed by atoms with Crippen LogP contribution < -0.4 is 0 Å². The lowest BCUT2D eigenvalue weighted by Crippen LogP contribution is -2.00. The number of halogens is 1. The minimum absolute atomic E-state index is 0.0509. The van der Waals surface area contributed by atoms with E-state index in [4.69, 9.17) is 0 Å². The maximum Gasteiger partial charge on any atom is 0.339 e. The van der Waals surface area contributed by atoms with Crippen LogP contribution in [0.15, 0.2) is 70.9 Å². The van der Waals surface area contributed by atoms with Crippen LogP contribution in [0.5, 0.6) is 5.75 Å². The first-order valence-corrected chi connectivity index (χ1v) is 9.82. The summed E-state index contributed by atoms with van der Waals surface area (Å²) in [4.78, 5) is 11.5. The van der Waals surface area contributed by atoms with Crippen LogP contribution >= 0.6 is 22.6 Å². The first kappa shape index (κ1) is 20.0. The molecule has 0 amide bonds. The molecule has 142 valence electrons. The SMILES string of the molecule is CC(C)c1cc(N=Nc2c(I)cccc2-c2ccccc2)cc(C(=O)O)c1O. The summed E-state index contributed by atoms with van der Waals surface area (Å²) in [5.74, 6) is -1.47. The normalized spacial score (nSPS) is 11.3.